The number of rotatable bonds is 5. The Bertz CT molecular complexity index is 653. The van der Waals surface area contributed by atoms with E-state index in [4.69, 9.17) is 5.73 Å². The molecule has 0 heterocycles. The van der Waals surface area contributed by atoms with Gasteiger partial charge in [-0.25, -0.2) is 8.42 Å². The van der Waals surface area contributed by atoms with Gasteiger partial charge in [0.15, 0.2) is 9.84 Å². The van der Waals surface area contributed by atoms with Crippen LogP contribution >= 0.6 is 12.4 Å². The van der Waals surface area contributed by atoms with Gasteiger partial charge in [0, 0.05) is 5.69 Å². The van der Waals surface area contributed by atoms with Crippen molar-refractivity contribution in [1.82, 2.24) is 0 Å². The largest absolute Gasteiger partial charge is 0.324 e. The molecular formula is C16H25ClN2O3S. The summed E-state index contributed by atoms with van der Waals surface area (Å²) in [5.74, 6) is -0.212. The molecule has 23 heavy (non-hydrogen) atoms. The van der Waals surface area contributed by atoms with Gasteiger partial charge >= 0.3 is 0 Å². The standard InChI is InChI=1S/C16H24N2O3S.ClH/c1-12(2)22(20,21)11-13-6-5-7-14(10-13)18-15(19)16(17)8-3-4-9-16;/h5-7,10,12H,3-4,8-9,11,17H2,1-2H3,(H,18,19);1H. The number of carbonyl (C=O) groups excluding carboxylic acids is 1. The molecule has 3 N–H and O–H groups in total. The Morgan fingerprint density at radius 2 is 1.91 bits per heavy atom. The van der Waals surface area contributed by atoms with E-state index in [0.717, 1.165) is 12.8 Å². The molecule has 0 radical (unpaired) electrons. The zero-order chi connectivity index (χ0) is 16.4. The molecule has 0 atom stereocenters. The molecule has 0 saturated heterocycles. The summed E-state index contributed by atoms with van der Waals surface area (Å²) in [5, 5.41) is 2.40. The summed E-state index contributed by atoms with van der Waals surface area (Å²) in [6.07, 6.45) is 3.33. The van der Waals surface area contributed by atoms with E-state index in [2.05, 4.69) is 5.32 Å². The molecule has 5 nitrogen and oxygen atoms in total. The summed E-state index contributed by atoms with van der Waals surface area (Å²) in [7, 11) is -3.16. The monoisotopic (exact) mass is 360 g/mol. The smallest absolute Gasteiger partial charge is 0.244 e. The number of hydrogen-bond acceptors (Lipinski definition) is 4. The molecule has 7 heteroatoms. The Morgan fingerprint density at radius 1 is 1.30 bits per heavy atom. The lowest BCUT2D eigenvalue weighted by molar-refractivity contribution is -0.121. The van der Waals surface area contributed by atoms with Crippen LogP contribution in [-0.4, -0.2) is 25.1 Å². The lowest BCUT2D eigenvalue weighted by atomic mass is 9.98. The fraction of sp³-hybridized carbons (Fsp3) is 0.562. The second-order valence-electron chi connectivity index (χ2n) is 6.37. The normalized spacial score (nSPS) is 16.9. The minimum Gasteiger partial charge on any atom is -0.324 e. The lowest BCUT2D eigenvalue weighted by Crippen LogP contribution is -2.48. The van der Waals surface area contributed by atoms with E-state index in [1.807, 2.05) is 0 Å². The van der Waals surface area contributed by atoms with Crippen molar-refractivity contribution in [3.05, 3.63) is 29.8 Å². The molecule has 2 rings (SSSR count). The van der Waals surface area contributed by atoms with Crippen molar-refractivity contribution >= 4 is 33.8 Å². The topological polar surface area (TPSA) is 89.3 Å². The second-order valence-corrected chi connectivity index (χ2v) is 8.93. The number of anilines is 1. The minimum atomic E-state index is -3.16. The third kappa shape index (κ3) is 4.93. The summed E-state index contributed by atoms with van der Waals surface area (Å²) in [5.41, 5.74) is 6.60. The number of benzene rings is 1. The highest BCUT2D eigenvalue weighted by molar-refractivity contribution is 7.91. The highest BCUT2D eigenvalue weighted by Crippen LogP contribution is 2.28. The van der Waals surface area contributed by atoms with Gasteiger partial charge in [-0.2, -0.15) is 0 Å². The first kappa shape index (κ1) is 19.9. The van der Waals surface area contributed by atoms with Gasteiger partial charge in [-0.05, 0) is 44.4 Å². The van der Waals surface area contributed by atoms with E-state index >= 15 is 0 Å². The molecule has 1 aromatic rings. The highest BCUT2D eigenvalue weighted by atomic mass is 35.5. The van der Waals surface area contributed by atoms with E-state index in [-0.39, 0.29) is 24.1 Å². The van der Waals surface area contributed by atoms with Crippen molar-refractivity contribution in [2.45, 2.75) is 56.1 Å². The van der Waals surface area contributed by atoms with Crippen molar-refractivity contribution in [3.8, 4) is 0 Å². The van der Waals surface area contributed by atoms with Gasteiger partial charge in [0.05, 0.1) is 16.5 Å². The summed E-state index contributed by atoms with van der Waals surface area (Å²) >= 11 is 0. The Morgan fingerprint density at radius 3 is 2.48 bits per heavy atom. The van der Waals surface area contributed by atoms with Gasteiger partial charge in [0.2, 0.25) is 5.91 Å². The summed E-state index contributed by atoms with van der Waals surface area (Å²) in [6, 6.07) is 6.96. The highest BCUT2D eigenvalue weighted by Gasteiger charge is 2.36. The molecule has 1 amide bonds. The van der Waals surface area contributed by atoms with Crippen LogP contribution in [0.1, 0.15) is 45.1 Å². The average Bonchev–Trinajstić information content (AvgIpc) is 2.87. The maximum Gasteiger partial charge on any atom is 0.244 e. The van der Waals surface area contributed by atoms with E-state index in [1.165, 1.54) is 0 Å². The molecule has 1 aliphatic rings. The Balaban J connectivity index is 0.00000264. The molecule has 1 aliphatic carbocycles. The van der Waals surface area contributed by atoms with E-state index in [1.54, 1.807) is 38.1 Å². The summed E-state index contributed by atoms with van der Waals surface area (Å²) < 4.78 is 24.0. The first-order chi connectivity index (χ1) is 10.2. The fourth-order valence-electron chi connectivity index (χ4n) is 2.63. The quantitative estimate of drug-likeness (QED) is 0.844. The van der Waals surface area contributed by atoms with Gasteiger partial charge in [0.1, 0.15) is 0 Å². The van der Waals surface area contributed by atoms with Gasteiger partial charge in [-0.15, -0.1) is 12.4 Å². The first-order valence-electron chi connectivity index (χ1n) is 7.64. The van der Waals surface area contributed by atoms with Gasteiger partial charge in [-0.1, -0.05) is 25.0 Å². The van der Waals surface area contributed by atoms with Gasteiger partial charge < -0.3 is 11.1 Å². The summed E-state index contributed by atoms with van der Waals surface area (Å²) in [6.45, 7) is 3.33. The van der Waals surface area contributed by atoms with Crippen LogP contribution < -0.4 is 11.1 Å². The second kappa shape index (κ2) is 7.64. The molecular weight excluding hydrogens is 336 g/mol. The van der Waals surface area contributed by atoms with Crippen LogP contribution in [0.5, 0.6) is 0 Å². The Labute approximate surface area is 144 Å². The zero-order valence-corrected chi connectivity index (χ0v) is 15.2. The van der Waals surface area contributed by atoms with E-state index in [9.17, 15) is 13.2 Å². The van der Waals surface area contributed by atoms with Crippen LogP contribution in [0.2, 0.25) is 0 Å². The van der Waals surface area contributed by atoms with Gasteiger partial charge in [-0.3, -0.25) is 4.79 Å². The number of halogens is 1. The minimum absolute atomic E-state index is 0. The molecule has 1 saturated carbocycles. The molecule has 130 valence electrons. The Kier molecular flexibility index (Phi) is 6.62. The van der Waals surface area contributed by atoms with Crippen LogP contribution in [0.3, 0.4) is 0 Å². The van der Waals surface area contributed by atoms with E-state index < -0.39 is 20.6 Å². The molecule has 1 fully saturated rings. The SMILES string of the molecule is CC(C)S(=O)(=O)Cc1cccc(NC(=O)C2(N)CCCC2)c1.Cl. The number of sulfone groups is 1. The van der Waals surface area contributed by atoms with Crippen LogP contribution in [0, 0.1) is 0 Å². The summed E-state index contributed by atoms with van der Waals surface area (Å²) in [4.78, 5) is 12.3. The van der Waals surface area contributed by atoms with Crippen molar-refractivity contribution in [2.75, 3.05) is 5.32 Å². The van der Waals surface area contributed by atoms with Crippen molar-refractivity contribution < 1.29 is 13.2 Å². The Hall–Kier alpha value is -1.11. The predicted octanol–water partition coefficient (Wildman–Crippen LogP) is 2.64. The fourth-order valence-corrected chi connectivity index (χ4v) is 3.60. The van der Waals surface area contributed by atoms with Crippen molar-refractivity contribution in [2.24, 2.45) is 5.73 Å². The third-order valence-electron chi connectivity index (χ3n) is 4.22. The number of nitrogens with one attached hydrogen (secondary N) is 1. The molecule has 0 bridgehead atoms. The maximum absolute atomic E-state index is 12.3. The van der Waals surface area contributed by atoms with Crippen molar-refractivity contribution in [1.29, 1.82) is 0 Å². The van der Waals surface area contributed by atoms with E-state index in [0.29, 0.717) is 24.1 Å². The predicted molar refractivity (Wildman–Crippen MR) is 95.5 cm³/mol. The number of hydrogen-bond donors (Lipinski definition) is 2. The van der Waals surface area contributed by atoms with Crippen molar-refractivity contribution in [3.63, 3.8) is 0 Å². The number of amides is 1. The van der Waals surface area contributed by atoms with Crippen LogP contribution in [0.15, 0.2) is 24.3 Å². The molecule has 0 unspecified atom stereocenters. The third-order valence-corrected chi connectivity index (χ3v) is 6.39. The lowest BCUT2D eigenvalue weighted by Gasteiger charge is -2.22. The first-order valence-corrected chi connectivity index (χ1v) is 9.35. The molecule has 1 aromatic carbocycles. The van der Waals surface area contributed by atoms with Crippen LogP contribution in [0.25, 0.3) is 0 Å². The molecule has 0 aromatic heterocycles. The molecule has 0 spiro atoms. The van der Waals surface area contributed by atoms with Crippen LogP contribution in [0.4, 0.5) is 5.69 Å². The van der Waals surface area contributed by atoms with Crippen LogP contribution in [-0.2, 0) is 20.4 Å². The number of carbonyl (C=O) groups is 1. The molecule has 0 aliphatic heterocycles. The maximum atomic E-state index is 12.3. The average molecular weight is 361 g/mol. The zero-order valence-electron chi connectivity index (χ0n) is 13.5. The number of nitrogens with two attached hydrogens (primary N) is 1. The van der Waals surface area contributed by atoms with Gasteiger partial charge in [0.25, 0.3) is 0 Å².